The lowest BCUT2D eigenvalue weighted by molar-refractivity contribution is -0.151. The van der Waals surface area contributed by atoms with Gasteiger partial charge in [-0.05, 0) is 50.8 Å². The van der Waals surface area contributed by atoms with Gasteiger partial charge in [0.1, 0.15) is 11.7 Å². The summed E-state index contributed by atoms with van der Waals surface area (Å²) in [7, 11) is 2.84. The van der Waals surface area contributed by atoms with E-state index >= 15 is 0 Å². The van der Waals surface area contributed by atoms with E-state index in [1.54, 1.807) is 40.0 Å². The number of hydrogen-bond acceptors (Lipinski definition) is 7. The zero-order valence-electron chi connectivity index (χ0n) is 18.8. The molecule has 1 aliphatic carbocycles. The lowest BCUT2D eigenvalue weighted by atomic mass is 9.69. The summed E-state index contributed by atoms with van der Waals surface area (Å²) in [6, 6.07) is 7.25. The Morgan fingerprint density at radius 3 is 2.52 bits per heavy atom. The van der Waals surface area contributed by atoms with Gasteiger partial charge in [0.15, 0.2) is 5.78 Å². The van der Waals surface area contributed by atoms with Gasteiger partial charge in [0.25, 0.3) is 0 Å². The molecule has 0 unspecified atom stereocenters. The summed E-state index contributed by atoms with van der Waals surface area (Å²) in [5.74, 6) is -2.61. The molecule has 7 nitrogen and oxygen atoms in total. The molecule has 0 amide bonds. The van der Waals surface area contributed by atoms with Crippen molar-refractivity contribution in [3.8, 4) is 5.75 Å². The van der Waals surface area contributed by atoms with Crippen LogP contribution >= 0.6 is 0 Å². The fourth-order valence-electron chi connectivity index (χ4n) is 4.38. The number of allylic oxidation sites excluding steroid dienone is 3. The highest BCUT2D eigenvalue weighted by atomic mass is 16.5. The van der Waals surface area contributed by atoms with Crippen molar-refractivity contribution in [3.63, 3.8) is 0 Å². The zero-order chi connectivity index (χ0) is 22.9. The van der Waals surface area contributed by atoms with Gasteiger partial charge in [-0.25, -0.2) is 4.79 Å². The molecule has 0 saturated heterocycles. The molecule has 1 heterocycles. The van der Waals surface area contributed by atoms with Crippen LogP contribution in [-0.4, -0.2) is 38.0 Å². The molecule has 1 aromatic carbocycles. The number of rotatable bonds is 5. The second-order valence-electron chi connectivity index (χ2n) is 8.27. The first kappa shape index (κ1) is 22.6. The molecule has 0 spiro atoms. The van der Waals surface area contributed by atoms with Crippen molar-refractivity contribution in [1.29, 1.82) is 0 Å². The molecule has 7 heteroatoms. The molecule has 166 valence electrons. The van der Waals surface area contributed by atoms with Crippen molar-refractivity contribution >= 4 is 17.7 Å². The van der Waals surface area contributed by atoms with Gasteiger partial charge >= 0.3 is 11.9 Å². The molecule has 1 aliphatic heterocycles. The molecule has 2 aliphatic rings. The summed E-state index contributed by atoms with van der Waals surface area (Å²) in [6.45, 7) is 7.20. The van der Waals surface area contributed by atoms with Crippen LogP contribution in [0.4, 0.5) is 0 Å². The predicted octanol–water partition coefficient (Wildman–Crippen LogP) is 3.26. The maximum atomic E-state index is 13.6. The highest BCUT2D eigenvalue weighted by Gasteiger charge is 2.47. The Labute approximate surface area is 182 Å². The van der Waals surface area contributed by atoms with E-state index < -0.39 is 23.8 Å². The van der Waals surface area contributed by atoms with Crippen molar-refractivity contribution in [2.75, 3.05) is 14.2 Å². The maximum Gasteiger partial charge on any atom is 0.337 e. The lowest BCUT2D eigenvalue weighted by Gasteiger charge is -2.38. The van der Waals surface area contributed by atoms with Gasteiger partial charge in [0.05, 0.1) is 25.9 Å². The van der Waals surface area contributed by atoms with Crippen LogP contribution in [0, 0.1) is 11.8 Å². The molecular weight excluding hydrogens is 398 g/mol. The highest BCUT2D eigenvalue weighted by molar-refractivity contribution is 6.12. The average molecular weight is 427 g/mol. The number of hydrogen-bond donors (Lipinski definition) is 1. The highest BCUT2D eigenvalue weighted by Crippen LogP contribution is 2.46. The minimum Gasteiger partial charge on any atom is -0.497 e. The summed E-state index contributed by atoms with van der Waals surface area (Å²) in [4.78, 5) is 39.1. The molecule has 1 aromatic rings. The van der Waals surface area contributed by atoms with Gasteiger partial charge < -0.3 is 19.5 Å². The van der Waals surface area contributed by atoms with Crippen LogP contribution in [-0.2, 0) is 23.9 Å². The van der Waals surface area contributed by atoms with E-state index in [2.05, 4.69) is 5.32 Å². The van der Waals surface area contributed by atoms with Crippen LogP contribution in [0.5, 0.6) is 5.75 Å². The number of nitrogens with one attached hydrogen (secondary N) is 1. The number of carbonyl (C=O) groups excluding carboxylic acids is 3. The fourth-order valence-corrected chi connectivity index (χ4v) is 4.38. The van der Waals surface area contributed by atoms with Crippen LogP contribution in [0.2, 0.25) is 0 Å². The Hall–Kier alpha value is -3.09. The Kier molecular flexibility index (Phi) is 6.53. The van der Waals surface area contributed by atoms with Crippen molar-refractivity contribution in [2.24, 2.45) is 11.8 Å². The quantitative estimate of drug-likeness (QED) is 0.570. The molecule has 0 saturated carbocycles. The Morgan fingerprint density at radius 1 is 1.19 bits per heavy atom. The minimum absolute atomic E-state index is 0.228. The number of ketones is 1. The average Bonchev–Trinajstić information content (AvgIpc) is 2.71. The van der Waals surface area contributed by atoms with Crippen LogP contribution in [0.1, 0.15) is 45.6 Å². The van der Waals surface area contributed by atoms with Crippen LogP contribution in [0.3, 0.4) is 0 Å². The first-order valence-corrected chi connectivity index (χ1v) is 10.4. The summed E-state index contributed by atoms with van der Waals surface area (Å²) in [6.07, 6.45) is 0.171. The van der Waals surface area contributed by atoms with Crippen molar-refractivity contribution in [3.05, 3.63) is 52.4 Å². The van der Waals surface area contributed by atoms with Crippen molar-refractivity contribution in [2.45, 2.75) is 46.1 Å². The summed E-state index contributed by atoms with van der Waals surface area (Å²) in [5, 5.41) is 3.24. The molecule has 0 fully saturated rings. The van der Waals surface area contributed by atoms with Gasteiger partial charge in [-0.1, -0.05) is 19.1 Å². The third kappa shape index (κ3) is 4.22. The minimum atomic E-state index is -0.917. The number of Topliss-reactive ketones (excluding diaryl/α,β-unsaturated/α-hetero) is 1. The standard InChI is InChI=1S/C24H29NO6/c1-12(2)31-24(28)19-14(4)25-17-10-13(3)18(23(27)30-6)22(26)21(17)20(19)15-8-7-9-16(11-15)29-5/h7-9,11-13,18,20,25H,10H2,1-6H3/t13-,18+,20+/m1/s1. The Bertz CT molecular complexity index is 974. The van der Waals surface area contributed by atoms with E-state index in [1.165, 1.54) is 7.11 Å². The van der Waals surface area contributed by atoms with Crippen LogP contribution < -0.4 is 10.1 Å². The van der Waals surface area contributed by atoms with E-state index in [4.69, 9.17) is 14.2 Å². The van der Waals surface area contributed by atoms with E-state index in [9.17, 15) is 14.4 Å². The second kappa shape index (κ2) is 8.96. The Morgan fingerprint density at radius 2 is 1.90 bits per heavy atom. The summed E-state index contributed by atoms with van der Waals surface area (Å²) in [5.41, 5.74) is 2.84. The van der Waals surface area contributed by atoms with Crippen molar-refractivity contribution in [1.82, 2.24) is 5.32 Å². The Balaban J connectivity index is 2.20. The SMILES string of the molecule is COC(=O)[C@@H]1C(=O)C2=C(C[C@H]1C)NC(C)=C(C(=O)OC(C)C)[C@@H]2c1cccc(OC)c1. The summed E-state index contributed by atoms with van der Waals surface area (Å²) < 4.78 is 15.8. The number of ether oxygens (including phenoxy) is 3. The molecule has 31 heavy (non-hydrogen) atoms. The van der Waals surface area contributed by atoms with Gasteiger partial charge in [0.2, 0.25) is 0 Å². The van der Waals surface area contributed by atoms with Gasteiger partial charge in [0, 0.05) is 22.9 Å². The predicted molar refractivity (Wildman–Crippen MR) is 114 cm³/mol. The van der Waals surface area contributed by atoms with E-state index in [0.29, 0.717) is 29.0 Å². The van der Waals surface area contributed by atoms with Crippen molar-refractivity contribution < 1.29 is 28.6 Å². The van der Waals surface area contributed by atoms with Gasteiger partial charge in [-0.2, -0.15) is 0 Å². The smallest absolute Gasteiger partial charge is 0.337 e. The third-order valence-corrected chi connectivity index (χ3v) is 5.73. The monoisotopic (exact) mass is 427 g/mol. The number of carbonyl (C=O) groups is 3. The molecular formula is C24H29NO6. The molecule has 1 N–H and O–H groups in total. The number of dihydropyridines is 1. The summed E-state index contributed by atoms with van der Waals surface area (Å²) >= 11 is 0. The van der Waals surface area contributed by atoms with Gasteiger partial charge in [-0.15, -0.1) is 0 Å². The molecule has 0 aromatic heterocycles. The first-order valence-electron chi connectivity index (χ1n) is 10.4. The molecule has 0 radical (unpaired) electrons. The largest absolute Gasteiger partial charge is 0.497 e. The van der Waals surface area contributed by atoms with Crippen LogP contribution in [0.25, 0.3) is 0 Å². The van der Waals surface area contributed by atoms with Crippen LogP contribution in [0.15, 0.2) is 46.8 Å². The molecule has 0 bridgehead atoms. The number of benzene rings is 1. The maximum absolute atomic E-state index is 13.6. The van der Waals surface area contributed by atoms with E-state index in [0.717, 1.165) is 11.3 Å². The van der Waals surface area contributed by atoms with E-state index in [-0.39, 0.29) is 17.8 Å². The third-order valence-electron chi connectivity index (χ3n) is 5.73. The zero-order valence-corrected chi connectivity index (χ0v) is 18.8. The molecule has 3 rings (SSSR count). The normalized spacial score (nSPS) is 23.3. The lowest BCUT2D eigenvalue weighted by Crippen LogP contribution is -2.43. The van der Waals surface area contributed by atoms with E-state index in [1.807, 2.05) is 19.1 Å². The molecule has 3 atom stereocenters. The van der Waals surface area contributed by atoms with Gasteiger partial charge in [-0.3, -0.25) is 9.59 Å². The topological polar surface area (TPSA) is 90.9 Å². The fraction of sp³-hybridized carbons (Fsp3) is 0.458. The number of methoxy groups -OCH3 is 2. The first-order chi connectivity index (χ1) is 14.7. The number of esters is 2. The second-order valence-corrected chi connectivity index (χ2v) is 8.27.